The van der Waals surface area contributed by atoms with E-state index in [0.29, 0.717) is 17.4 Å². The lowest BCUT2D eigenvalue weighted by atomic mass is 9.81. The third-order valence-corrected chi connectivity index (χ3v) is 4.91. The first-order chi connectivity index (χ1) is 10.4. The number of hydrogen-bond acceptors (Lipinski definition) is 4. The minimum atomic E-state index is -0.607. The van der Waals surface area contributed by atoms with Gasteiger partial charge in [-0.2, -0.15) is 0 Å². The molecule has 0 aromatic heterocycles. The van der Waals surface area contributed by atoms with Gasteiger partial charge >= 0.3 is 0 Å². The number of nitrogens with zero attached hydrogens (tertiary/aromatic N) is 2. The fourth-order valence-corrected chi connectivity index (χ4v) is 3.57. The minimum absolute atomic E-state index is 0.0550. The maximum atomic E-state index is 11.0. The molecule has 0 saturated carbocycles. The Bertz CT molecular complexity index is 678. The molecule has 6 nitrogen and oxygen atoms in total. The van der Waals surface area contributed by atoms with Crippen molar-refractivity contribution in [3.63, 3.8) is 0 Å². The van der Waals surface area contributed by atoms with Crippen molar-refractivity contribution in [2.24, 2.45) is 5.92 Å². The molecule has 1 N–H and O–H groups in total. The highest BCUT2D eigenvalue weighted by Gasteiger charge is 2.53. The van der Waals surface area contributed by atoms with Crippen molar-refractivity contribution >= 4 is 23.0 Å². The first-order valence-electron chi connectivity index (χ1n) is 7.05. The predicted octanol–water partition coefficient (Wildman–Crippen LogP) is 2.76. The summed E-state index contributed by atoms with van der Waals surface area (Å²) in [5, 5.41) is 14.9. The Morgan fingerprint density at radius 1 is 1.64 bits per heavy atom. The summed E-state index contributed by atoms with van der Waals surface area (Å²) in [5.74, 6) is 0.717. The van der Waals surface area contributed by atoms with Crippen molar-refractivity contribution in [1.82, 2.24) is 10.2 Å². The molecule has 7 heteroatoms. The Morgan fingerprint density at radius 3 is 3.00 bits per heavy atom. The summed E-state index contributed by atoms with van der Waals surface area (Å²) in [7, 11) is 0. The van der Waals surface area contributed by atoms with Crippen LogP contribution in [0, 0.1) is 16.0 Å². The molecule has 2 aliphatic rings. The van der Waals surface area contributed by atoms with Crippen LogP contribution in [-0.2, 0) is 0 Å². The van der Waals surface area contributed by atoms with Gasteiger partial charge in [-0.15, -0.1) is 6.58 Å². The van der Waals surface area contributed by atoms with E-state index in [0.717, 1.165) is 5.56 Å². The average molecular weight is 319 g/mol. The van der Waals surface area contributed by atoms with Gasteiger partial charge in [0.25, 0.3) is 5.69 Å². The van der Waals surface area contributed by atoms with E-state index in [4.69, 9.17) is 17.0 Å². The molecule has 1 aromatic rings. The maximum Gasteiger partial charge on any atom is 0.270 e. The summed E-state index contributed by atoms with van der Waals surface area (Å²) in [6, 6.07) is 4.58. The lowest BCUT2D eigenvalue weighted by Crippen LogP contribution is -2.68. The second-order valence-corrected chi connectivity index (χ2v) is 6.14. The highest BCUT2D eigenvalue weighted by atomic mass is 32.1. The molecule has 1 fully saturated rings. The average Bonchev–Trinajstić information content (AvgIpc) is 2.47. The molecule has 3 unspecified atom stereocenters. The molecule has 0 amide bonds. The third kappa shape index (κ3) is 1.96. The van der Waals surface area contributed by atoms with E-state index in [9.17, 15) is 10.1 Å². The summed E-state index contributed by atoms with van der Waals surface area (Å²) in [6.45, 7) is 8.38. The van der Waals surface area contributed by atoms with Gasteiger partial charge < -0.3 is 15.0 Å². The van der Waals surface area contributed by atoms with Gasteiger partial charge in [-0.25, -0.2) is 0 Å². The van der Waals surface area contributed by atoms with Crippen molar-refractivity contribution in [2.45, 2.75) is 25.6 Å². The van der Waals surface area contributed by atoms with Gasteiger partial charge in [-0.05, 0) is 25.2 Å². The standard InChI is InChI=1S/C15H17N3O3S/c1-4-7-17-14(22)16-13-9(2)15(17,3)21-12-6-5-10(18(19)20)8-11(12)13/h4-6,8-9,13H,1,7H2,2-3H3,(H,16,22). The van der Waals surface area contributed by atoms with Crippen LogP contribution in [0.3, 0.4) is 0 Å². The van der Waals surface area contributed by atoms with E-state index < -0.39 is 10.6 Å². The van der Waals surface area contributed by atoms with Crippen LogP contribution in [0.4, 0.5) is 5.69 Å². The number of nitrogens with one attached hydrogen (secondary N) is 1. The minimum Gasteiger partial charge on any atom is -0.467 e. The second kappa shape index (κ2) is 4.95. The molecular formula is C15H17N3O3S. The van der Waals surface area contributed by atoms with Gasteiger partial charge in [0.05, 0.1) is 11.0 Å². The molecular weight excluding hydrogens is 302 g/mol. The van der Waals surface area contributed by atoms with Gasteiger partial charge in [0.2, 0.25) is 0 Å². The molecule has 2 aliphatic heterocycles. The zero-order chi connectivity index (χ0) is 16.1. The molecule has 0 radical (unpaired) electrons. The van der Waals surface area contributed by atoms with E-state index in [-0.39, 0.29) is 17.6 Å². The van der Waals surface area contributed by atoms with Gasteiger partial charge in [-0.1, -0.05) is 13.0 Å². The number of thiocarbonyl (C=S) groups is 1. The number of fused-ring (bicyclic) bond motifs is 4. The number of benzene rings is 1. The molecule has 3 rings (SSSR count). The van der Waals surface area contributed by atoms with Crippen LogP contribution >= 0.6 is 12.2 Å². The van der Waals surface area contributed by atoms with Crippen LogP contribution in [0.1, 0.15) is 25.5 Å². The normalized spacial score (nSPS) is 29.2. The summed E-state index contributed by atoms with van der Waals surface area (Å²) in [4.78, 5) is 12.6. The molecule has 2 heterocycles. The molecule has 0 aliphatic carbocycles. The molecule has 1 aromatic carbocycles. The highest BCUT2D eigenvalue weighted by molar-refractivity contribution is 7.80. The second-order valence-electron chi connectivity index (χ2n) is 5.75. The van der Waals surface area contributed by atoms with Crippen molar-refractivity contribution in [1.29, 1.82) is 0 Å². The lowest BCUT2D eigenvalue weighted by Gasteiger charge is -2.55. The van der Waals surface area contributed by atoms with Gasteiger partial charge in [0, 0.05) is 30.2 Å². The van der Waals surface area contributed by atoms with Crippen molar-refractivity contribution in [2.75, 3.05) is 6.54 Å². The Labute approximate surface area is 133 Å². The zero-order valence-corrected chi connectivity index (χ0v) is 13.2. The summed E-state index contributed by atoms with van der Waals surface area (Å²) < 4.78 is 6.20. The van der Waals surface area contributed by atoms with Crippen LogP contribution in [0.15, 0.2) is 30.9 Å². The molecule has 3 atom stereocenters. The topological polar surface area (TPSA) is 67.6 Å². The number of nitro benzene ring substituents is 1. The van der Waals surface area contributed by atoms with Crippen LogP contribution in [0.25, 0.3) is 0 Å². The number of hydrogen-bond donors (Lipinski definition) is 1. The lowest BCUT2D eigenvalue weighted by molar-refractivity contribution is -0.385. The van der Waals surface area contributed by atoms with Gasteiger partial charge in [-0.3, -0.25) is 10.1 Å². The van der Waals surface area contributed by atoms with Gasteiger partial charge in [0.1, 0.15) is 5.75 Å². The van der Waals surface area contributed by atoms with Gasteiger partial charge in [0.15, 0.2) is 10.8 Å². The first-order valence-corrected chi connectivity index (χ1v) is 7.45. The monoisotopic (exact) mass is 319 g/mol. The Morgan fingerprint density at radius 2 is 2.36 bits per heavy atom. The van der Waals surface area contributed by atoms with E-state index in [1.165, 1.54) is 6.07 Å². The van der Waals surface area contributed by atoms with Crippen LogP contribution in [-0.4, -0.2) is 27.2 Å². The Hall–Kier alpha value is -2.15. The van der Waals surface area contributed by atoms with Crippen LogP contribution in [0.5, 0.6) is 5.75 Å². The first kappa shape index (κ1) is 14.8. The summed E-state index contributed by atoms with van der Waals surface area (Å²) in [6.07, 6.45) is 1.78. The number of non-ortho nitro benzene ring substituents is 1. The predicted molar refractivity (Wildman–Crippen MR) is 86.7 cm³/mol. The number of ether oxygens (including phenoxy) is 1. The van der Waals surface area contributed by atoms with E-state index in [2.05, 4.69) is 18.8 Å². The molecule has 116 valence electrons. The fourth-order valence-electron chi connectivity index (χ4n) is 3.19. The fraction of sp³-hybridized carbons (Fsp3) is 0.400. The van der Waals surface area contributed by atoms with E-state index in [1.807, 2.05) is 11.8 Å². The third-order valence-electron chi connectivity index (χ3n) is 4.57. The SMILES string of the molecule is C=CCN1C(=S)NC2c3cc([N+](=O)[O-])ccc3OC1(C)C2C. The molecule has 2 bridgehead atoms. The van der Waals surface area contributed by atoms with Crippen LogP contribution in [0.2, 0.25) is 0 Å². The zero-order valence-electron chi connectivity index (χ0n) is 12.4. The smallest absolute Gasteiger partial charge is 0.270 e. The summed E-state index contributed by atoms with van der Waals surface area (Å²) in [5.41, 5.74) is 0.226. The van der Waals surface area contributed by atoms with Crippen molar-refractivity contribution in [3.05, 3.63) is 46.5 Å². The van der Waals surface area contributed by atoms with Crippen LogP contribution < -0.4 is 10.1 Å². The van der Waals surface area contributed by atoms with E-state index in [1.54, 1.807) is 18.2 Å². The Kier molecular flexibility index (Phi) is 3.32. The molecule has 22 heavy (non-hydrogen) atoms. The van der Waals surface area contributed by atoms with Crippen molar-refractivity contribution in [3.8, 4) is 5.75 Å². The Balaban J connectivity index is 2.11. The number of nitro groups is 1. The molecule has 0 spiro atoms. The number of rotatable bonds is 3. The molecule has 1 saturated heterocycles. The summed E-state index contributed by atoms with van der Waals surface area (Å²) >= 11 is 5.44. The van der Waals surface area contributed by atoms with Crippen molar-refractivity contribution < 1.29 is 9.66 Å². The highest BCUT2D eigenvalue weighted by Crippen LogP contribution is 2.48. The quantitative estimate of drug-likeness (QED) is 0.400. The largest absolute Gasteiger partial charge is 0.467 e. The maximum absolute atomic E-state index is 11.0. The van der Waals surface area contributed by atoms with E-state index >= 15 is 0 Å².